The van der Waals surface area contributed by atoms with Crippen LogP contribution in [0.25, 0.3) is 0 Å². The molecule has 0 aromatic rings. The molecule has 7 heteroatoms. The summed E-state index contributed by atoms with van der Waals surface area (Å²) in [6.45, 7) is 10.2. The molecular formula is C23H37NO6. The number of likely N-dealkylation sites (tertiary alicyclic amines) is 1. The summed E-state index contributed by atoms with van der Waals surface area (Å²) in [7, 11) is 0. The van der Waals surface area contributed by atoms with E-state index in [2.05, 4.69) is 13.8 Å². The van der Waals surface area contributed by atoms with Crippen molar-refractivity contribution in [3.8, 4) is 0 Å². The number of carbonyl (C=O) groups excluding carboxylic acids is 2. The molecule has 2 fully saturated rings. The van der Waals surface area contributed by atoms with Crippen LogP contribution in [0, 0.1) is 29.6 Å². The van der Waals surface area contributed by atoms with Crippen LogP contribution in [0.3, 0.4) is 0 Å². The maximum absolute atomic E-state index is 13.1. The van der Waals surface area contributed by atoms with Crippen molar-refractivity contribution in [1.29, 1.82) is 0 Å². The number of amides is 2. The fourth-order valence-corrected chi connectivity index (χ4v) is 4.67. The summed E-state index contributed by atoms with van der Waals surface area (Å²) in [6.07, 6.45) is 6.49. The molecule has 170 valence electrons. The number of fused-ring (bicyclic) bond motifs is 1. The van der Waals surface area contributed by atoms with E-state index in [4.69, 9.17) is 18.9 Å². The normalized spacial score (nSPS) is 29.4. The molecule has 0 spiro atoms. The summed E-state index contributed by atoms with van der Waals surface area (Å²) in [6, 6.07) is 0. The van der Waals surface area contributed by atoms with E-state index in [9.17, 15) is 9.59 Å². The van der Waals surface area contributed by atoms with Crippen LogP contribution in [-0.2, 0) is 28.5 Å². The van der Waals surface area contributed by atoms with Gasteiger partial charge in [-0.25, -0.2) is 0 Å². The molecule has 2 amide bonds. The van der Waals surface area contributed by atoms with Gasteiger partial charge in [-0.05, 0) is 18.3 Å². The number of allylic oxidation sites excluding steroid dienone is 1. The van der Waals surface area contributed by atoms with E-state index in [1.807, 2.05) is 19.1 Å². The molecule has 2 heterocycles. The second kappa shape index (κ2) is 11.4. The first-order valence-electron chi connectivity index (χ1n) is 11.5. The van der Waals surface area contributed by atoms with E-state index < -0.39 is 6.29 Å². The zero-order valence-corrected chi connectivity index (χ0v) is 18.6. The van der Waals surface area contributed by atoms with Crippen LogP contribution in [0.15, 0.2) is 12.2 Å². The summed E-state index contributed by atoms with van der Waals surface area (Å²) >= 11 is 0. The van der Waals surface area contributed by atoms with E-state index in [1.54, 1.807) is 0 Å². The van der Waals surface area contributed by atoms with Gasteiger partial charge < -0.3 is 18.9 Å². The molecule has 4 atom stereocenters. The predicted molar refractivity (Wildman–Crippen MR) is 112 cm³/mol. The Morgan fingerprint density at radius 1 is 1.00 bits per heavy atom. The van der Waals surface area contributed by atoms with Gasteiger partial charge >= 0.3 is 0 Å². The van der Waals surface area contributed by atoms with Gasteiger partial charge in [0.2, 0.25) is 11.8 Å². The third kappa shape index (κ3) is 5.31. The highest BCUT2D eigenvalue weighted by atomic mass is 16.7. The number of ether oxygens (including phenoxy) is 4. The van der Waals surface area contributed by atoms with E-state index in [-0.39, 0.29) is 35.5 Å². The van der Waals surface area contributed by atoms with Gasteiger partial charge in [0.1, 0.15) is 0 Å². The topological polar surface area (TPSA) is 74.3 Å². The molecule has 30 heavy (non-hydrogen) atoms. The average Bonchev–Trinajstić information content (AvgIpc) is 3.36. The molecule has 0 aromatic carbocycles. The zero-order chi connectivity index (χ0) is 21.5. The highest BCUT2D eigenvalue weighted by Gasteiger charge is 2.55. The van der Waals surface area contributed by atoms with Gasteiger partial charge in [0.05, 0.1) is 38.3 Å². The summed E-state index contributed by atoms with van der Waals surface area (Å²) in [5.41, 5.74) is 0. The molecular weight excluding hydrogens is 386 g/mol. The summed E-state index contributed by atoms with van der Waals surface area (Å²) in [5, 5.41) is 0. The van der Waals surface area contributed by atoms with Crippen molar-refractivity contribution in [2.75, 3.05) is 46.2 Å². The predicted octanol–water partition coefficient (Wildman–Crippen LogP) is 2.64. The van der Waals surface area contributed by atoms with Gasteiger partial charge in [0.15, 0.2) is 6.29 Å². The van der Waals surface area contributed by atoms with Gasteiger partial charge in [-0.1, -0.05) is 45.8 Å². The molecule has 3 aliphatic rings. The van der Waals surface area contributed by atoms with Crippen LogP contribution in [0.1, 0.15) is 40.0 Å². The highest BCUT2D eigenvalue weighted by molar-refractivity contribution is 6.05. The smallest absolute Gasteiger partial charge is 0.233 e. The lowest BCUT2D eigenvalue weighted by Gasteiger charge is -2.32. The second-order valence-corrected chi connectivity index (χ2v) is 8.53. The first-order valence-corrected chi connectivity index (χ1v) is 11.5. The Morgan fingerprint density at radius 3 is 2.37 bits per heavy atom. The Labute approximate surface area is 180 Å². The van der Waals surface area contributed by atoms with E-state index in [0.717, 1.165) is 19.4 Å². The third-order valence-electron chi connectivity index (χ3n) is 6.62. The van der Waals surface area contributed by atoms with Crippen LogP contribution in [0.5, 0.6) is 0 Å². The molecule has 0 radical (unpaired) electrons. The minimum absolute atomic E-state index is 0.0394. The number of carbonyl (C=O) groups is 2. The van der Waals surface area contributed by atoms with E-state index in [0.29, 0.717) is 51.9 Å². The summed E-state index contributed by atoms with van der Waals surface area (Å²) in [5.74, 6) is -0.422. The quantitative estimate of drug-likeness (QED) is 0.273. The van der Waals surface area contributed by atoms with Crippen molar-refractivity contribution in [3.63, 3.8) is 0 Å². The van der Waals surface area contributed by atoms with Crippen LogP contribution in [0.4, 0.5) is 0 Å². The SMILES string of the molecule is CCC(CC)COCCOCCCN1C(=O)[C@@H]2[C@@H](C1=O)[C@@H](C)C=C[C@@H]2C1OCCO1. The third-order valence-corrected chi connectivity index (χ3v) is 6.62. The molecule has 0 saturated carbocycles. The number of hydrogen-bond acceptors (Lipinski definition) is 6. The van der Waals surface area contributed by atoms with E-state index >= 15 is 0 Å². The van der Waals surface area contributed by atoms with Gasteiger partial charge in [0.25, 0.3) is 0 Å². The fraction of sp³-hybridized carbons (Fsp3) is 0.826. The summed E-state index contributed by atoms with van der Waals surface area (Å²) < 4.78 is 22.6. The van der Waals surface area contributed by atoms with Gasteiger partial charge in [-0.3, -0.25) is 14.5 Å². The Morgan fingerprint density at radius 2 is 1.67 bits per heavy atom. The standard InChI is InChI=1S/C23H37NO6/c1-4-17(5-2)15-28-12-11-27-10-6-9-24-21(25)19-16(3)7-8-18(20(19)22(24)26)23-29-13-14-30-23/h7-8,16-20,23H,4-6,9-15H2,1-3H3/t16-,18-,19-,20-/m0/s1. The first-order chi connectivity index (χ1) is 14.6. The van der Waals surface area contributed by atoms with Crippen molar-refractivity contribution in [3.05, 3.63) is 12.2 Å². The molecule has 7 nitrogen and oxygen atoms in total. The maximum atomic E-state index is 13.1. The number of nitrogens with zero attached hydrogens (tertiary/aromatic N) is 1. The van der Waals surface area contributed by atoms with E-state index in [1.165, 1.54) is 4.90 Å². The van der Waals surface area contributed by atoms with Crippen LogP contribution >= 0.6 is 0 Å². The van der Waals surface area contributed by atoms with Crippen LogP contribution < -0.4 is 0 Å². The van der Waals surface area contributed by atoms with Crippen molar-refractivity contribution in [2.24, 2.45) is 29.6 Å². The number of imide groups is 1. The molecule has 0 N–H and O–H groups in total. The molecule has 0 bridgehead atoms. The van der Waals surface area contributed by atoms with Crippen molar-refractivity contribution < 1.29 is 28.5 Å². The minimum Gasteiger partial charge on any atom is -0.379 e. The number of hydrogen-bond donors (Lipinski definition) is 0. The Balaban J connectivity index is 1.42. The molecule has 0 unspecified atom stereocenters. The molecule has 2 saturated heterocycles. The maximum Gasteiger partial charge on any atom is 0.233 e. The monoisotopic (exact) mass is 423 g/mol. The first kappa shape index (κ1) is 23.4. The fourth-order valence-electron chi connectivity index (χ4n) is 4.67. The lowest BCUT2D eigenvalue weighted by atomic mass is 9.72. The Kier molecular flexibility index (Phi) is 8.86. The lowest BCUT2D eigenvalue weighted by Crippen LogP contribution is -2.39. The second-order valence-electron chi connectivity index (χ2n) is 8.53. The van der Waals surface area contributed by atoms with Gasteiger partial charge in [0, 0.05) is 25.7 Å². The Hall–Kier alpha value is -1.28. The van der Waals surface area contributed by atoms with Crippen LogP contribution in [-0.4, -0.2) is 69.2 Å². The summed E-state index contributed by atoms with van der Waals surface area (Å²) in [4.78, 5) is 27.5. The average molecular weight is 424 g/mol. The van der Waals surface area contributed by atoms with Gasteiger partial charge in [-0.15, -0.1) is 0 Å². The van der Waals surface area contributed by atoms with Crippen molar-refractivity contribution >= 4 is 11.8 Å². The zero-order valence-electron chi connectivity index (χ0n) is 18.6. The molecule has 2 aliphatic heterocycles. The minimum atomic E-state index is -0.429. The Bertz CT molecular complexity index is 599. The van der Waals surface area contributed by atoms with Crippen molar-refractivity contribution in [1.82, 2.24) is 4.90 Å². The molecule has 1 aliphatic carbocycles. The van der Waals surface area contributed by atoms with Crippen LogP contribution in [0.2, 0.25) is 0 Å². The highest BCUT2D eigenvalue weighted by Crippen LogP contribution is 2.44. The van der Waals surface area contributed by atoms with Gasteiger partial charge in [-0.2, -0.15) is 0 Å². The van der Waals surface area contributed by atoms with Crippen molar-refractivity contribution in [2.45, 2.75) is 46.3 Å². The molecule has 3 rings (SSSR count). The number of rotatable bonds is 12. The largest absolute Gasteiger partial charge is 0.379 e. The molecule has 0 aromatic heterocycles. The lowest BCUT2D eigenvalue weighted by molar-refractivity contribution is -0.142.